The van der Waals surface area contributed by atoms with Crippen LogP contribution in [-0.2, 0) is 4.79 Å². The summed E-state index contributed by atoms with van der Waals surface area (Å²) >= 11 is 0. The molecule has 1 saturated heterocycles. The number of carbonyl (C=O) groups excluding carboxylic acids is 2. The van der Waals surface area contributed by atoms with Crippen LogP contribution < -0.4 is 10.2 Å². The lowest BCUT2D eigenvalue weighted by molar-refractivity contribution is -0.130. The van der Waals surface area contributed by atoms with E-state index < -0.39 is 0 Å². The van der Waals surface area contributed by atoms with Crippen molar-refractivity contribution in [2.24, 2.45) is 0 Å². The Hall–Kier alpha value is -2.82. The summed E-state index contributed by atoms with van der Waals surface area (Å²) in [6.07, 6.45) is 0. The average Bonchev–Trinajstić information content (AvgIpc) is 2.66. The van der Waals surface area contributed by atoms with Crippen LogP contribution >= 0.6 is 0 Å². The van der Waals surface area contributed by atoms with Crippen molar-refractivity contribution in [3.05, 3.63) is 65.2 Å². The van der Waals surface area contributed by atoms with E-state index in [0.717, 1.165) is 24.2 Å². The van der Waals surface area contributed by atoms with Crippen LogP contribution in [0.3, 0.4) is 0 Å². The van der Waals surface area contributed by atoms with Crippen molar-refractivity contribution in [1.29, 1.82) is 0 Å². The number of para-hydroxylation sites is 1. The van der Waals surface area contributed by atoms with Crippen LogP contribution in [0.5, 0.6) is 0 Å². The van der Waals surface area contributed by atoms with Crippen molar-refractivity contribution in [2.45, 2.75) is 13.8 Å². The topological polar surface area (TPSA) is 52.7 Å². The maximum absolute atomic E-state index is 12.4. The molecule has 0 radical (unpaired) electrons. The molecule has 0 bridgehead atoms. The molecule has 3 rings (SSSR count). The number of amides is 2. The molecule has 1 N–H and O–H groups in total. The van der Waals surface area contributed by atoms with Gasteiger partial charge in [-0.1, -0.05) is 35.4 Å². The van der Waals surface area contributed by atoms with Crippen molar-refractivity contribution in [1.82, 2.24) is 10.2 Å². The second-order valence-electron chi connectivity index (χ2n) is 6.76. The molecule has 0 aromatic heterocycles. The zero-order valence-corrected chi connectivity index (χ0v) is 15.4. The van der Waals surface area contributed by atoms with E-state index in [2.05, 4.69) is 22.3 Å². The number of rotatable bonds is 4. The minimum absolute atomic E-state index is 0.0320. The molecule has 5 heteroatoms. The zero-order valence-electron chi connectivity index (χ0n) is 15.4. The summed E-state index contributed by atoms with van der Waals surface area (Å²) in [5.74, 6) is -0.233. The van der Waals surface area contributed by atoms with Crippen LogP contribution in [0.15, 0.2) is 48.5 Å². The molecule has 136 valence electrons. The van der Waals surface area contributed by atoms with E-state index >= 15 is 0 Å². The van der Waals surface area contributed by atoms with E-state index in [9.17, 15) is 9.59 Å². The van der Waals surface area contributed by atoms with Crippen LogP contribution in [0.2, 0.25) is 0 Å². The minimum atomic E-state index is -0.201. The predicted molar refractivity (Wildman–Crippen MR) is 103 cm³/mol. The lowest BCUT2D eigenvalue weighted by atomic mass is 10.1. The average molecular weight is 351 g/mol. The molecule has 0 spiro atoms. The number of nitrogens with one attached hydrogen (secondary N) is 1. The third kappa shape index (κ3) is 4.42. The normalized spacial score (nSPS) is 14.2. The Bertz CT molecular complexity index is 761. The standard InChI is InChI=1S/C21H25N3O2/c1-16-12-17(2)14-18(13-16)21(26)22-15-20(25)24-10-8-23(9-11-24)19-6-4-3-5-7-19/h3-7,12-14H,8-11,15H2,1-2H3,(H,22,26). The lowest BCUT2D eigenvalue weighted by Crippen LogP contribution is -2.51. The van der Waals surface area contributed by atoms with Gasteiger partial charge in [-0.05, 0) is 38.1 Å². The second kappa shape index (κ2) is 8.04. The summed E-state index contributed by atoms with van der Waals surface area (Å²) in [7, 11) is 0. The van der Waals surface area contributed by atoms with Gasteiger partial charge in [0.15, 0.2) is 0 Å². The Morgan fingerprint density at radius 2 is 1.54 bits per heavy atom. The predicted octanol–water partition coefficient (Wildman–Crippen LogP) is 2.38. The van der Waals surface area contributed by atoms with Crippen molar-refractivity contribution in [2.75, 3.05) is 37.6 Å². The van der Waals surface area contributed by atoms with E-state index in [4.69, 9.17) is 0 Å². The van der Waals surface area contributed by atoms with E-state index in [1.54, 1.807) is 0 Å². The highest BCUT2D eigenvalue weighted by Crippen LogP contribution is 2.15. The smallest absolute Gasteiger partial charge is 0.251 e. The number of piperazine rings is 1. The van der Waals surface area contributed by atoms with Crippen LogP contribution in [0.25, 0.3) is 0 Å². The lowest BCUT2D eigenvalue weighted by Gasteiger charge is -2.36. The van der Waals surface area contributed by atoms with Gasteiger partial charge in [0, 0.05) is 37.4 Å². The summed E-state index contributed by atoms with van der Waals surface area (Å²) in [4.78, 5) is 28.8. The van der Waals surface area contributed by atoms with Crippen molar-refractivity contribution in [3.63, 3.8) is 0 Å². The Kier molecular flexibility index (Phi) is 5.56. The van der Waals surface area contributed by atoms with Gasteiger partial charge >= 0.3 is 0 Å². The fourth-order valence-electron chi connectivity index (χ4n) is 3.33. The van der Waals surface area contributed by atoms with Crippen molar-refractivity contribution >= 4 is 17.5 Å². The van der Waals surface area contributed by atoms with Gasteiger partial charge < -0.3 is 15.1 Å². The molecule has 0 aliphatic carbocycles. The molecule has 0 unspecified atom stereocenters. The number of benzene rings is 2. The van der Waals surface area contributed by atoms with Crippen LogP contribution in [0.4, 0.5) is 5.69 Å². The summed E-state index contributed by atoms with van der Waals surface area (Å²) in [5, 5.41) is 2.75. The molecule has 0 saturated carbocycles. The number of hydrogen-bond acceptors (Lipinski definition) is 3. The first-order valence-corrected chi connectivity index (χ1v) is 8.97. The quantitative estimate of drug-likeness (QED) is 0.920. The molecule has 5 nitrogen and oxygen atoms in total. The number of aryl methyl sites for hydroxylation is 2. The monoisotopic (exact) mass is 351 g/mol. The SMILES string of the molecule is Cc1cc(C)cc(C(=O)NCC(=O)N2CCN(c3ccccc3)CC2)c1. The molecule has 2 aromatic rings. The third-order valence-electron chi connectivity index (χ3n) is 4.64. The summed E-state index contributed by atoms with van der Waals surface area (Å²) in [5.41, 5.74) is 3.86. The maximum atomic E-state index is 12.4. The largest absolute Gasteiger partial charge is 0.368 e. The van der Waals surface area contributed by atoms with Gasteiger partial charge in [-0.2, -0.15) is 0 Å². The second-order valence-corrected chi connectivity index (χ2v) is 6.76. The fourth-order valence-corrected chi connectivity index (χ4v) is 3.33. The first kappa shape index (κ1) is 18.0. The first-order valence-electron chi connectivity index (χ1n) is 8.97. The summed E-state index contributed by atoms with van der Waals surface area (Å²) in [6, 6.07) is 15.9. The number of carbonyl (C=O) groups is 2. The van der Waals surface area contributed by atoms with Gasteiger partial charge in [0.1, 0.15) is 0 Å². The highest BCUT2D eigenvalue weighted by molar-refractivity contribution is 5.96. The van der Waals surface area contributed by atoms with Gasteiger partial charge in [0.05, 0.1) is 6.54 Å². The maximum Gasteiger partial charge on any atom is 0.251 e. The summed E-state index contributed by atoms with van der Waals surface area (Å²) < 4.78 is 0. The highest BCUT2D eigenvalue weighted by atomic mass is 16.2. The Morgan fingerprint density at radius 1 is 0.923 bits per heavy atom. The molecule has 1 aliphatic rings. The van der Waals surface area contributed by atoms with E-state index in [1.807, 2.05) is 55.1 Å². The summed E-state index contributed by atoms with van der Waals surface area (Å²) in [6.45, 7) is 6.92. The minimum Gasteiger partial charge on any atom is -0.368 e. The van der Waals surface area contributed by atoms with Gasteiger partial charge in [-0.25, -0.2) is 0 Å². The number of nitrogens with zero attached hydrogens (tertiary/aromatic N) is 2. The molecular weight excluding hydrogens is 326 g/mol. The number of hydrogen-bond donors (Lipinski definition) is 1. The van der Waals surface area contributed by atoms with Crippen LogP contribution in [0, 0.1) is 13.8 Å². The van der Waals surface area contributed by atoms with Crippen LogP contribution in [0.1, 0.15) is 21.5 Å². The van der Waals surface area contributed by atoms with Crippen LogP contribution in [-0.4, -0.2) is 49.4 Å². The molecule has 2 amide bonds. The molecule has 1 heterocycles. The van der Waals surface area contributed by atoms with Gasteiger partial charge in [-0.15, -0.1) is 0 Å². The van der Waals surface area contributed by atoms with Gasteiger partial charge in [0.25, 0.3) is 5.91 Å². The Labute approximate surface area is 154 Å². The molecular formula is C21H25N3O2. The fraction of sp³-hybridized carbons (Fsp3) is 0.333. The molecule has 1 aliphatic heterocycles. The number of anilines is 1. The van der Waals surface area contributed by atoms with Gasteiger partial charge in [-0.3, -0.25) is 9.59 Å². The van der Waals surface area contributed by atoms with Crippen molar-refractivity contribution < 1.29 is 9.59 Å². The van der Waals surface area contributed by atoms with Gasteiger partial charge in [0.2, 0.25) is 5.91 Å². The molecule has 1 fully saturated rings. The molecule has 0 atom stereocenters. The zero-order chi connectivity index (χ0) is 18.5. The first-order chi connectivity index (χ1) is 12.5. The third-order valence-corrected chi connectivity index (χ3v) is 4.64. The Morgan fingerprint density at radius 3 is 2.15 bits per heavy atom. The van der Waals surface area contributed by atoms with E-state index in [1.165, 1.54) is 5.69 Å². The molecule has 26 heavy (non-hydrogen) atoms. The Balaban J connectivity index is 1.49. The van der Waals surface area contributed by atoms with E-state index in [-0.39, 0.29) is 18.4 Å². The van der Waals surface area contributed by atoms with Crippen molar-refractivity contribution in [3.8, 4) is 0 Å². The van der Waals surface area contributed by atoms with E-state index in [0.29, 0.717) is 18.7 Å². The molecule has 2 aromatic carbocycles. The highest BCUT2D eigenvalue weighted by Gasteiger charge is 2.21.